The van der Waals surface area contributed by atoms with E-state index in [1.165, 1.54) is 12.1 Å². The monoisotopic (exact) mass is 437 g/mol. The fourth-order valence-electron chi connectivity index (χ4n) is 2.50. The van der Waals surface area contributed by atoms with Gasteiger partial charge in [0.2, 0.25) is 0 Å². The maximum absolute atomic E-state index is 10.6. The summed E-state index contributed by atoms with van der Waals surface area (Å²) >= 11 is 3.55. The van der Waals surface area contributed by atoms with Crippen LogP contribution in [0.2, 0.25) is 0 Å². The Balaban J connectivity index is 1.83. The molecule has 2 aromatic carbocycles. The summed E-state index contributed by atoms with van der Waals surface area (Å²) in [5.74, 6) is 1.46. The molecule has 0 saturated carbocycles. The van der Waals surface area contributed by atoms with Crippen LogP contribution in [-0.4, -0.2) is 31.2 Å². The number of nitro groups is 1. The summed E-state index contributed by atoms with van der Waals surface area (Å²) < 4.78 is 12.2. The molecule has 0 aliphatic rings. The van der Waals surface area contributed by atoms with Crippen LogP contribution in [0.4, 0.5) is 11.4 Å². The largest absolute Gasteiger partial charge is 0.490 e. The maximum atomic E-state index is 10.6. The first-order valence-electron chi connectivity index (χ1n) is 8.82. The van der Waals surface area contributed by atoms with Gasteiger partial charge in [-0.2, -0.15) is 0 Å². The molecule has 0 aromatic heterocycles. The quantitative estimate of drug-likeness (QED) is 0.308. The third-order valence-corrected chi connectivity index (χ3v) is 4.29. The molecule has 0 radical (unpaired) electrons. The van der Waals surface area contributed by atoms with Crippen molar-refractivity contribution >= 4 is 27.3 Å². The lowest BCUT2D eigenvalue weighted by Gasteiger charge is -2.15. The minimum Gasteiger partial charge on any atom is -0.490 e. The van der Waals surface area contributed by atoms with Crippen molar-refractivity contribution in [2.75, 3.05) is 31.6 Å². The number of nitrogens with one attached hydrogen (secondary N) is 2. The highest BCUT2D eigenvalue weighted by atomic mass is 79.9. The molecule has 0 saturated heterocycles. The summed E-state index contributed by atoms with van der Waals surface area (Å²) in [6.07, 6.45) is 0. The minimum atomic E-state index is -0.406. The van der Waals surface area contributed by atoms with Crippen LogP contribution in [0.25, 0.3) is 0 Å². The predicted molar refractivity (Wildman–Crippen MR) is 110 cm³/mol. The zero-order valence-electron chi connectivity index (χ0n) is 15.5. The van der Waals surface area contributed by atoms with Crippen LogP contribution in [0.5, 0.6) is 11.5 Å². The van der Waals surface area contributed by atoms with E-state index >= 15 is 0 Å². The van der Waals surface area contributed by atoms with Crippen molar-refractivity contribution in [1.29, 1.82) is 0 Å². The first kappa shape index (κ1) is 21.0. The van der Waals surface area contributed by atoms with E-state index in [0.29, 0.717) is 26.3 Å². The number of rotatable bonds is 11. The molecule has 0 unspecified atom stereocenters. The number of benzene rings is 2. The van der Waals surface area contributed by atoms with E-state index in [4.69, 9.17) is 9.47 Å². The van der Waals surface area contributed by atoms with Crippen LogP contribution in [-0.2, 0) is 6.54 Å². The Hall–Kier alpha value is -2.32. The Morgan fingerprint density at radius 2 is 1.78 bits per heavy atom. The van der Waals surface area contributed by atoms with Crippen molar-refractivity contribution in [2.45, 2.75) is 20.4 Å². The predicted octanol–water partition coefficient (Wildman–Crippen LogP) is 4.36. The van der Waals surface area contributed by atoms with E-state index in [1.54, 1.807) is 12.1 Å². The number of nitrogens with zero attached hydrogens (tertiary/aromatic N) is 1. The number of nitro benzene ring substituents is 1. The van der Waals surface area contributed by atoms with Crippen molar-refractivity contribution in [3.8, 4) is 11.5 Å². The summed E-state index contributed by atoms with van der Waals surface area (Å²) in [5.41, 5.74) is 2.03. The van der Waals surface area contributed by atoms with Gasteiger partial charge in [-0.3, -0.25) is 10.1 Å². The van der Waals surface area contributed by atoms with Gasteiger partial charge in [-0.25, -0.2) is 0 Å². The Morgan fingerprint density at radius 3 is 2.41 bits per heavy atom. The number of halogens is 1. The van der Waals surface area contributed by atoms with Gasteiger partial charge in [0.15, 0.2) is 11.5 Å². The van der Waals surface area contributed by atoms with Crippen molar-refractivity contribution in [3.05, 3.63) is 56.5 Å². The second-order valence-electron chi connectivity index (χ2n) is 5.68. The Labute approximate surface area is 167 Å². The third kappa shape index (κ3) is 6.41. The lowest BCUT2D eigenvalue weighted by atomic mass is 10.2. The Morgan fingerprint density at radius 1 is 1.07 bits per heavy atom. The van der Waals surface area contributed by atoms with Gasteiger partial charge in [-0.1, -0.05) is 0 Å². The average Bonchev–Trinajstić information content (AvgIpc) is 2.65. The van der Waals surface area contributed by atoms with Crippen molar-refractivity contribution in [1.82, 2.24) is 5.32 Å². The van der Waals surface area contributed by atoms with Gasteiger partial charge in [-0.15, -0.1) is 0 Å². The van der Waals surface area contributed by atoms with Gasteiger partial charge in [0, 0.05) is 37.5 Å². The van der Waals surface area contributed by atoms with E-state index < -0.39 is 4.92 Å². The number of hydrogen-bond acceptors (Lipinski definition) is 6. The highest BCUT2D eigenvalue weighted by molar-refractivity contribution is 9.10. The lowest BCUT2D eigenvalue weighted by molar-refractivity contribution is -0.384. The van der Waals surface area contributed by atoms with Crippen LogP contribution < -0.4 is 20.1 Å². The normalized spacial score (nSPS) is 10.5. The average molecular weight is 438 g/mol. The smallest absolute Gasteiger partial charge is 0.269 e. The fraction of sp³-hybridized carbons (Fsp3) is 0.368. The molecule has 146 valence electrons. The van der Waals surface area contributed by atoms with Gasteiger partial charge >= 0.3 is 0 Å². The molecule has 2 rings (SSSR count). The van der Waals surface area contributed by atoms with E-state index in [2.05, 4.69) is 26.6 Å². The van der Waals surface area contributed by atoms with E-state index in [1.807, 2.05) is 26.0 Å². The standard InChI is InChI=1S/C19H24BrN3O4/c1-3-26-18-12-14(11-17(20)19(18)27-4-2)13-21-9-10-22-15-5-7-16(8-6-15)23(24)25/h5-8,11-12,21-22H,3-4,9-10,13H2,1-2H3. The molecule has 2 aromatic rings. The molecule has 0 atom stereocenters. The number of ether oxygens (including phenoxy) is 2. The number of anilines is 1. The van der Waals surface area contributed by atoms with Crippen molar-refractivity contribution < 1.29 is 14.4 Å². The molecule has 27 heavy (non-hydrogen) atoms. The number of non-ortho nitro benzene ring substituents is 1. The molecule has 0 fully saturated rings. The molecule has 2 N–H and O–H groups in total. The summed E-state index contributed by atoms with van der Waals surface area (Å²) in [6.45, 7) is 7.16. The Bertz CT molecular complexity index is 753. The SMILES string of the molecule is CCOc1cc(CNCCNc2ccc([N+](=O)[O-])cc2)cc(Br)c1OCC. The molecule has 7 nitrogen and oxygen atoms in total. The van der Waals surface area contributed by atoms with Crippen molar-refractivity contribution in [3.63, 3.8) is 0 Å². The maximum Gasteiger partial charge on any atom is 0.269 e. The third-order valence-electron chi connectivity index (χ3n) is 3.70. The van der Waals surface area contributed by atoms with Gasteiger partial charge < -0.3 is 20.1 Å². The van der Waals surface area contributed by atoms with Crippen LogP contribution in [0.15, 0.2) is 40.9 Å². The van der Waals surface area contributed by atoms with Crippen LogP contribution in [0.3, 0.4) is 0 Å². The van der Waals surface area contributed by atoms with Gasteiger partial charge in [0.25, 0.3) is 5.69 Å². The fourth-order valence-corrected chi connectivity index (χ4v) is 3.10. The summed E-state index contributed by atoms with van der Waals surface area (Å²) in [6, 6.07) is 10.4. The summed E-state index contributed by atoms with van der Waals surface area (Å²) in [4.78, 5) is 10.2. The molecular formula is C19H24BrN3O4. The van der Waals surface area contributed by atoms with Gasteiger partial charge in [-0.05, 0) is 59.6 Å². The first-order chi connectivity index (χ1) is 13.0. The van der Waals surface area contributed by atoms with Crippen LogP contribution in [0.1, 0.15) is 19.4 Å². The summed E-state index contributed by atoms with van der Waals surface area (Å²) in [5, 5.41) is 17.2. The second kappa shape index (κ2) is 10.7. The lowest BCUT2D eigenvalue weighted by Crippen LogP contribution is -2.21. The van der Waals surface area contributed by atoms with Gasteiger partial charge in [0.05, 0.1) is 22.6 Å². The number of hydrogen-bond donors (Lipinski definition) is 2. The second-order valence-corrected chi connectivity index (χ2v) is 6.53. The molecule has 8 heteroatoms. The molecule has 0 spiro atoms. The topological polar surface area (TPSA) is 85.7 Å². The molecular weight excluding hydrogens is 414 g/mol. The van der Waals surface area contributed by atoms with E-state index in [-0.39, 0.29) is 5.69 Å². The van der Waals surface area contributed by atoms with Gasteiger partial charge in [0.1, 0.15) is 0 Å². The molecule has 0 aliphatic carbocycles. The van der Waals surface area contributed by atoms with Crippen LogP contribution >= 0.6 is 15.9 Å². The summed E-state index contributed by atoms with van der Waals surface area (Å²) in [7, 11) is 0. The first-order valence-corrected chi connectivity index (χ1v) is 9.61. The molecule has 0 bridgehead atoms. The van der Waals surface area contributed by atoms with Crippen LogP contribution in [0, 0.1) is 10.1 Å². The zero-order chi connectivity index (χ0) is 19.6. The minimum absolute atomic E-state index is 0.0878. The van der Waals surface area contributed by atoms with E-state index in [0.717, 1.165) is 33.8 Å². The molecule has 0 amide bonds. The van der Waals surface area contributed by atoms with Crippen molar-refractivity contribution in [2.24, 2.45) is 0 Å². The highest BCUT2D eigenvalue weighted by Crippen LogP contribution is 2.36. The van der Waals surface area contributed by atoms with E-state index in [9.17, 15) is 10.1 Å². The Kier molecular flexibility index (Phi) is 8.35. The molecule has 0 heterocycles. The zero-order valence-corrected chi connectivity index (χ0v) is 17.0. The molecule has 0 aliphatic heterocycles. The highest BCUT2D eigenvalue weighted by Gasteiger charge is 2.11.